The van der Waals surface area contributed by atoms with Gasteiger partial charge < -0.3 is 10.2 Å². The van der Waals surface area contributed by atoms with E-state index in [0.717, 1.165) is 27.4 Å². The van der Waals surface area contributed by atoms with Gasteiger partial charge >= 0.3 is 0 Å². The first-order valence-corrected chi connectivity index (χ1v) is 14.3. The normalized spacial score (nSPS) is 12.0. The number of hydrogen-bond donors (Lipinski definition) is 1. The lowest BCUT2D eigenvalue weighted by Gasteiger charge is -2.32. The molecule has 0 spiro atoms. The Labute approximate surface area is 230 Å². The molecule has 202 valence electrons. The summed E-state index contributed by atoms with van der Waals surface area (Å²) in [5, 5.41) is 3.03. The van der Waals surface area contributed by atoms with Crippen LogP contribution in [0.5, 0.6) is 0 Å². The third-order valence-electron chi connectivity index (χ3n) is 6.33. The molecule has 1 unspecified atom stereocenters. The fraction of sp³-hybridized carbons (Fsp3) is 0.310. The summed E-state index contributed by atoms with van der Waals surface area (Å²) in [4.78, 5) is 28.3. The van der Waals surface area contributed by atoms with Crippen LogP contribution >= 0.6 is 11.6 Å². The first-order valence-electron chi connectivity index (χ1n) is 12.5. The molecule has 0 aliphatic heterocycles. The molecule has 3 aromatic rings. The molecule has 0 saturated heterocycles. The van der Waals surface area contributed by atoms with Crippen LogP contribution < -0.4 is 9.62 Å². The van der Waals surface area contributed by atoms with Crippen molar-refractivity contribution < 1.29 is 18.0 Å². The molecular weight excluding hydrogens is 522 g/mol. The summed E-state index contributed by atoms with van der Waals surface area (Å²) >= 11 is 6.43. The number of nitrogens with one attached hydrogen (secondary N) is 1. The van der Waals surface area contributed by atoms with Gasteiger partial charge in [-0.25, -0.2) is 8.42 Å². The van der Waals surface area contributed by atoms with Gasteiger partial charge in [0.2, 0.25) is 11.8 Å². The Morgan fingerprint density at radius 1 is 0.947 bits per heavy atom. The predicted molar refractivity (Wildman–Crippen MR) is 152 cm³/mol. The fourth-order valence-corrected chi connectivity index (χ4v) is 5.68. The number of nitrogens with zero attached hydrogens (tertiary/aromatic N) is 2. The summed E-state index contributed by atoms with van der Waals surface area (Å²) < 4.78 is 28.7. The maximum absolute atomic E-state index is 13.9. The van der Waals surface area contributed by atoms with Gasteiger partial charge in [0.15, 0.2) is 0 Å². The number of benzene rings is 3. The third-order valence-corrected chi connectivity index (χ3v) is 8.42. The minimum Gasteiger partial charge on any atom is -0.354 e. The number of halogens is 1. The van der Waals surface area contributed by atoms with Gasteiger partial charge in [0, 0.05) is 13.1 Å². The van der Waals surface area contributed by atoms with Crippen molar-refractivity contribution in [3.05, 3.63) is 94.5 Å². The van der Waals surface area contributed by atoms with Gasteiger partial charge in [0.25, 0.3) is 10.0 Å². The Morgan fingerprint density at radius 2 is 1.58 bits per heavy atom. The van der Waals surface area contributed by atoms with Crippen molar-refractivity contribution >= 4 is 39.1 Å². The molecule has 0 saturated carbocycles. The van der Waals surface area contributed by atoms with E-state index in [1.807, 2.05) is 45.0 Å². The molecule has 0 aliphatic carbocycles. The second-order valence-electron chi connectivity index (χ2n) is 9.19. The molecule has 2 amide bonds. The largest absolute Gasteiger partial charge is 0.354 e. The van der Waals surface area contributed by atoms with E-state index in [4.69, 9.17) is 11.6 Å². The molecule has 1 N–H and O–H groups in total. The average molecular weight is 556 g/mol. The van der Waals surface area contributed by atoms with E-state index in [1.54, 1.807) is 43.3 Å². The van der Waals surface area contributed by atoms with Crippen LogP contribution in [0.15, 0.2) is 77.7 Å². The second kappa shape index (κ2) is 12.9. The highest BCUT2D eigenvalue weighted by Crippen LogP contribution is 2.31. The average Bonchev–Trinajstić information content (AvgIpc) is 2.90. The van der Waals surface area contributed by atoms with E-state index in [1.165, 1.54) is 17.0 Å². The van der Waals surface area contributed by atoms with Crippen LogP contribution in [0.25, 0.3) is 0 Å². The molecule has 0 bridgehead atoms. The molecule has 7 nitrogen and oxygen atoms in total. The molecule has 3 aromatic carbocycles. The van der Waals surface area contributed by atoms with Crippen molar-refractivity contribution in [2.75, 3.05) is 17.4 Å². The molecule has 3 rings (SSSR count). The van der Waals surface area contributed by atoms with Gasteiger partial charge in [-0.3, -0.25) is 13.9 Å². The number of carbonyl (C=O) groups is 2. The van der Waals surface area contributed by atoms with E-state index < -0.39 is 28.5 Å². The van der Waals surface area contributed by atoms with Crippen molar-refractivity contribution in [3.8, 4) is 0 Å². The van der Waals surface area contributed by atoms with Crippen LogP contribution in [-0.2, 0) is 26.2 Å². The summed E-state index contributed by atoms with van der Waals surface area (Å²) in [7, 11) is -4.16. The third kappa shape index (κ3) is 6.94. The Kier molecular flexibility index (Phi) is 9.94. The Balaban J connectivity index is 2.04. The van der Waals surface area contributed by atoms with Gasteiger partial charge in [-0.15, -0.1) is 0 Å². The van der Waals surface area contributed by atoms with Crippen molar-refractivity contribution in [3.63, 3.8) is 0 Å². The van der Waals surface area contributed by atoms with E-state index in [-0.39, 0.29) is 28.1 Å². The van der Waals surface area contributed by atoms with Crippen molar-refractivity contribution in [1.29, 1.82) is 0 Å². The molecule has 0 heterocycles. The zero-order valence-corrected chi connectivity index (χ0v) is 23.7. The maximum atomic E-state index is 13.9. The zero-order valence-electron chi connectivity index (χ0n) is 22.1. The molecular formula is C29H34ClN3O4S. The predicted octanol–water partition coefficient (Wildman–Crippen LogP) is 5.10. The van der Waals surface area contributed by atoms with Gasteiger partial charge in [-0.2, -0.15) is 0 Å². The van der Waals surface area contributed by atoms with E-state index in [9.17, 15) is 18.0 Å². The maximum Gasteiger partial charge on any atom is 0.264 e. The van der Waals surface area contributed by atoms with Crippen LogP contribution in [0.4, 0.5) is 5.69 Å². The molecule has 1 atom stereocenters. The fourth-order valence-electron chi connectivity index (χ4n) is 3.95. The Hall–Kier alpha value is -3.36. The summed E-state index contributed by atoms with van der Waals surface area (Å²) in [6.45, 7) is 7.47. The van der Waals surface area contributed by atoms with Gasteiger partial charge in [0.05, 0.1) is 15.6 Å². The topological polar surface area (TPSA) is 86.8 Å². The molecule has 9 heteroatoms. The number of amides is 2. The standard InChI is InChI=1S/C29H34ClN3O4S/c1-5-18-31-29(35)23(4)32(19-24-11-7-6-10-22(24)3)28(34)20-33(27-13-9-8-12-26(27)30)38(36,37)25-16-14-21(2)15-17-25/h6-17,23H,5,18-20H2,1-4H3,(H,31,35). The monoisotopic (exact) mass is 555 g/mol. The summed E-state index contributed by atoms with van der Waals surface area (Å²) in [5.41, 5.74) is 2.91. The number of sulfonamides is 1. The van der Waals surface area contributed by atoms with Crippen LogP contribution in [0.3, 0.4) is 0 Å². The van der Waals surface area contributed by atoms with Crippen LogP contribution in [0.2, 0.25) is 5.02 Å². The number of para-hydroxylation sites is 1. The van der Waals surface area contributed by atoms with E-state index in [2.05, 4.69) is 5.32 Å². The van der Waals surface area contributed by atoms with Crippen LogP contribution in [-0.4, -0.2) is 44.3 Å². The minimum absolute atomic E-state index is 0.0370. The van der Waals surface area contributed by atoms with E-state index in [0.29, 0.717) is 6.54 Å². The highest BCUT2D eigenvalue weighted by Gasteiger charge is 2.33. The number of hydrogen-bond acceptors (Lipinski definition) is 4. The zero-order chi connectivity index (χ0) is 27.9. The SMILES string of the molecule is CCCNC(=O)C(C)N(Cc1ccccc1C)C(=O)CN(c1ccccc1Cl)S(=O)(=O)c1ccc(C)cc1. The highest BCUT2D eigenvalue weighted by molar-refractivity contribution is 7.92. The Bertz CT molecular complexity index is 1380. The van der Waals surface area contributed by atoms with Crippen LogP contribution in [0.1, 0.15) is 37.0 Å². The van der Waals surface area contributed by atoms with Crippen LogP contribution in [0, 0.1) is 13.8 Å². The highest BCUT2D eigenvalue weighted by atomic mass is 35.5. The summed E-state index contributed by atoms with van der Waals surface area (Å²) in [5.74, 6) is -0.831. The van der Waals surface area contributed by atoms with Crippen molar-refractivity contribution in [1.82, 2.24) is 10.2 Å². The lowest BCUT2D eigenvalue weighted by atomic mass is 10.1. The number of carbonyl (C=O) groups excluding carboxylic acids is 2. The molecule has 38 heavy (non-hydrogen) atoms. The smallest absolute Gasteiger partial charge is 0.264 e. The lowest BCUT2D eigenvalue weighted by Crippen LogP contribution is -2.51. The summed E-state index contributed by atoms with van der Waals surface area (Å²) in [6.07, 6.45) is 0.749. The van der Waals surface area contributed by atoms with Gasteiger partial charge in [-0.1, -0.05) is 72.6 Å². The first kappa shape index (κ1) is 29.2. The number of aryl methyl sites for hydroxylation is 2. The quantitative estimate of drug-likeness (QED) is 0.357. The molecule has 0 fully saturated rings. The summed E-state index contributed by atoms with van der Waals surface area (Å²) in [6, 6.07) is 19.6. The minimum atomic E-state index is -4.16. The van der Waals surface area contributed by atoms with E-state index >= 15 is 0 Å². The molecule has 0 aliphatic rings. The van der Waals surface area contributed by atoms with Crippen molar-refractivity contribution in [2.45, 2.75) is 51.6 Å². The van der Waals surface area contributed by atoms with Gasteiger partial charge in [0.1, 0.15) is 12.6 Å². The number of anilines is 1. The number of rotatable bonds is 11. The molecule has 0 radical (unpaired) electrons. The van der Waals surface area contributed by atoms with Crippen molar-refractivity contribution in [2.24, 2.45) is 0 Å². The van der Waals surface area contributed by atoms with Gasteiger partial charge in [-0.05, 0) is 62.6 Å². The first-order chi connectivity index (χ1) is 18.1. The Morgan fingerprint density at radius 3 is 2.21 bits per heavy atom. The lowest BCUT2D eigenvalue weighted by molar-refractivity contribution is -0.139. The second-order valence-corrected chi connectivity index (χ2v) is 11.5. The molecule has 0 aromatic heterocycles.